The van der Waals surface area contributed by atoms with Crippen LogP contribution in [0.2, 0.25) is 5.02 Å². The van der Waals surface area contributed by atoms with E-state index in [0.717, 1.165) is 29.6 Å². The van der Waals surface area contributed by atoms with Crippen molar-refractivity contribution in [3.8, 4) is 0 Å². The standard InChI is InChI=1S/C16H14ClN3S/c1-9-2-3-10-4-6-13(11(10)8-9)18-15-12(17)5-7-14-16(15)20-21-19-14/h2-3,5,7-8,13,18H,4,6H2,1H3. The number of hydrogen-bond acceptors (Lipinski definition) is 4. The first-order valence-electron chi connectivity index (χ1n) is 6.99. The van der Waals surface area contributed by atoms with E-state index < -0.39 is 0 Å². The van der Waals surface area contributed by atoms with E-state index in [0.29, 0.717) is 11.1 Å². The third-order valence-corrected chi connectivity index (χ3v) is 4.93. The number of aryl methyl sites for hydroxylation is 2. The van der Waals surface area contributed by atoms with Crippen molar-refractivity contribution < 1.29 is 0 Å². The molecule has 1 N–H and O–H groups in total. The fourth-order valence-electron chi connectivity index (χ4n) is 3.01. The minimum Gasteiger partial charge on any atom is -0.375 e. The van der Waals surface area contributed by atoms with Gasteiger partial charge in [0.1, 0.15) is 11.0 Å². The Morgan fingerprint density at radius 3 is 3.05 bits per heavy atom. The Morgan fingerprint density at radius 1 is 1.24 bits per heavy atom. The topological polar surface area (TPSA) is 37.8 Å². The van der Waals surface area contributed by atoms with Gasteiger partial charge in [-0.25, -0.2) is 0 Å². The average Bonchev–Trinajstić information content (AvgIpc) is 3.09. The molecular weight excluding hydrogens is 302 g/mol. The fraction of sp³-hybridized carbons (Fsp3) is 0.250. The zero-order valence-electron chi connectivity index (χ0n) is 11.6. The Bertz CT molecular complexity index is 828. The summed E-state index contributed by atoms with van der Waals surface area (Å²) in [6, 6.07) is 10.8. The number of benzene rings is 2. The van der Waals surface area contributed by atoms with Crippen molar-refractivity contribution in [3.05, 3.63) is 52.0 Å². The molecule has 5 heteroatoms. The van der Waals surface area contributed by atoms with Gasteiger partial charge >= 0.3 is 0 Å². The molecule has 0 spiro atoms. The van der Waals surface area contributed by atoms with Gasteiger partial charge < -0.3 is 5.32 Å². The first-order chi connectivity index (χ1) is 10.2. The molecule has 0 fully saturated rings. The second-order valence-corrected chi connectivity index (χ2v) is 6.43. The van der Waals surface area contributed by atoms with E-state index in [1.165, 1.54) is 28.4 Å². The molecule has 1 aromatic heterocycles. The number of rotatable bonds is 2. The van der Waals surface area contributed by atoms with Gasteiger partial charge in [-0.2, -0.15) is 8.75 Å². The number of anilines is 1. The largest absolute Gasteiger partial charge is 0.375 e. The predicted molar refractivity (Wildman–Crippen MR) is 88.3 cm³/mol. The molecule has 1 unspecified atom stereocenters. The van der Waals surface area contributed by atoms with Crippen LogP contribution >= 0.6 is 23.3 Å². The summed E-state index contributed by atoms with van der Waals surface area (Å²) in [7, 11) is 0. The maximum Gasteiger partial charge on any atom is 0.129 e. The van der Waals surface area contributed by atoms with Crippen LogP contribution in [0.3, 0.4) is 0 Å². The van der Waals surface area contributed by atoms with Gasteiger partial charge in [-0.05, 0) is 43.0 Å². The number of nitrogens with zero attached hydrogens (tertiary/aromatic N) is 2. The minimum absolute atomic E-state index is 0.296. The third kappa shape index (κ3) is 2.19. The maximum atomic E-state index is 6.37. The fourth-order valence-corrected chi connectivity index (χ4v) is 3.76. The highest BCUT2D eigenvalue weighted by Gasteiger charge is 2.24. The SMILES string of the molecule is Cc1ccc2c(c1)C(Nc1c(Cl)ccc3nsnc13)CC2. The summed E-state index contributed by atoms with van der Waals surface area (Å²) in [4.78, 5) is 0. The lowest BCUT2D eigenvalue weighted by molar-refractivity contribution is 0.762. The van der Waals surface area contributed by atoms with E-state index in [2.05, 4.69) is 39.2 Å². The molecule has 2 aromatic carbocycles. The van der Waals surface area contributed by atoms with Crippen LogP contribution in [-0.4, -0.2) is 8.75 Å². The average molecular weight is 316 g/mol. The van der Waals surface area contributed by atoms with Crippen molar-refractivity contribution in [2.24, 2.45) is 0 Å². The van der Waals surface area contributed by atoms with Crippen molar-refractivity contribution in [1.82, 2.24) is 8.75 Å². The Labute approximate surface area is 132 Å². The molecule has 3 nitrogen and oxygen atoms in total. The molecule has 0 amide bonds. The molecular formula is C16H14ClN3S. The maximum absolute atomic E-state index is 6.37. The van der Waals surface area contributed by atoms with Gasteiger partial charge in [0.15, 0.2) is 0 Å². The minimum atomic E-state index is 0.296. The Kier molecular flexibility index (Phi) is 3.08. The van der Waals surface area contributed by atoms with E-state index in [9.17, 15) is 0 Å². The molecule has 1 aliphatic carbocycles. The summed E-state index contributed by atoms with van der Waals surface area (Å²) >= 11 is 7.59. The highest BCUT2D eigenvalue weighted by atomic mass is 35.5. The van der Waals surface area contributed by atoms with E-state index in [-0.39, 0.29) is 0 Å². The Morgan fingerprint density at radius 2 is 2.14 bits per heavy atom. The molecule has 0 bridgehead atoms. The van der Waals surface area contributed by atoms with Gasteiger partial charge in [0, 0.05) is 0 Å². The molecule has 0 saturated carbocycles. The van der Waals surface area contributed by atoms with Crippen LogP contribution in [0.15, 0.2) is 30.3 Å². The van der Waals surface area contributed by atoms with Crippen LogP contribution in [0.1, 0.15) is 29.2 Å². The number of hydrogen-bond donors (Lipinski definition) is 1. The van der Waals surface area contributed by atoms with Gasteiger partial charge in [0.05, 0.1) is 28.5 Å². The molecule has 106 valence electrons. The molecule has 0 saturated heterocycles. The summed E-state index contributed by atoms with van der Waals surface area (Å²) < 4.78 is 8.66. The van der Waals surface area contributed by atoms with E-state index >= 15 is 0 Å². The van der Waals surface area contributed by atoms with Crippen molar-refractivity contribution in [3.63, 3.8) is 0 Å². The third-order valence-electron chi connectivity index (χ3n) is 4.07. The monoisotopic (exact) mass is 315 g/mol. The highest BCUT2D eigenvalue weighted by Crippen LogP contribution is 2.38. The number of aromatic nitrogens is 2. The summed E-state index contributed by atoms with van der Waals surface area (Å²) in [5.41, 5.74) is 6.77. The molecule has 0 radical (unpaired) electrons. The molecule has 0 aliphatic heterocycles. The van der Waals surface area contributed by atoms with E-state index in [1.54, 1.807) is 0 Å². The second kappa shape index (κ2) is 4.97. The van der Waals surface area contributed by atoms with E-state index in [4.69, 9.17) is 11.6 Å². The Balaban J connectivity index is 1.75. The Hall–Kier alpha value is -1.65. The normalized spacial score (nSPS) is 17.1. The van der Waals surface area contributed by atoms with Crippen molar-refractivity contribution in [1.29, 1.82) is 0 Å². The van der Waals surface area contributed by atoms with Crippen LogP contribution in [0.4, 0.5) is 5.69 Å². The van der Waals surface area contributed by atoms with Crippen LogP contribution < -0.4 is 5.32 Å². The first-order valence-corrected chi connectivity index (χ1v) is 8.10. The van der Waals surface area contributed by atoms with Gasteiger partial charge in [-0.15, -0.1) is 0 Å². The number of fused-ring (bicyclic) bond motifs is 2. The predicted octanol–water partition coefficient (Wildman–Crippen LogP) is 4.75. The lowest BCUT2D eigenvalue weighted by Crippen LogP contribution is -2.08. The van der Waals surface area contributed by atoms with Crippen LogP contribution in [-0.2, 0) is 6.42 Å². The van der Waals surface area contributed by atoms with Crippen molar-refractivity contribution >= 4 is 40.0 Å². The van der Waals surface area contributed by atoms with Gasteiger partial charge in [0.2, 0.25) is 0 Å². The van der Waals surface area contributed by atoms with Crippen LogP contribution in [0.5, 0.6) is 0 Å². The quantitative estimate of drug-likeness (QED) is 0.741. The van der Waals surface area contributed by atoms with Crippen LogP contribution in [0, 0.1) is 6.92 Å². The molecule has 1 heterocycles. The zero-order valence-corrected chi connectivity index (χ0v) is 13.1. The van der Waals surface area contributed by atoms with Crippen molar-refractivity contribution in [2.45, 2.75) is 25.8 Å². The summed E-state index contributed by atoms with van der Waals surface area (Å²) in [5.74, 6) is 0. The highest BCUT2D eigenvalue weighted by molar-refractivity contribution is 7.00. The lowest BCUT2D eigenvalue weighted by Gasteiger charge is -2.17. The molecule has 1 atom stereocenters. The van der Waals surface area contributed by atoms with E-state index in [1.807, 2.05) is 12.1 Å². The number of halogens is 1. The number of nitrogens with one attached hydrogen (secondary N) is 1. The molecule has 4 rings (SSSR count). The lowest BCUT2D eigenvalue weighted by atomic mass is 10.0. The molecule has 1 aliphatic rings. The van der Waals surface area contributed by atoms with Gasteiger partial charge in [-0.3, -0.25) is 0 Å². The van der Waals surface area contributed by atoms with Crippen molar-refractivity contribution in [2.75, 3.05) is 5.32 Å². The smallest absolute Gasteiger partial charge is 0.129 e. The summed E-state index contributed by atoms with van der Waals surface area (Å²) in [6.45, 7) is 2.13. The molecule has 3 aromatic rings. The molecule has 21 heavy (non-hydrogen) atoms. The summed E-state index contributed by atoms with van der Waals surface area (Å²) in [6.07, 6.45) is 2.19. The zero-order chi connectivity index (χ0) is 14.4. The van der Waals surface area contributed by atoms with Gasteiger partial charge in [-0.1, -0.05) is 35.4 Å². The first kappa shape index (κ1) is 13.0. The van der Waals surface area contributed by atoms with Crippen LogP contribution in [0.25, 0.3) is 11.0 Å². The second-order valence-electron chi connectivity index (χ2n) is 5.49. The van der Waals surface area contributed by atoms with Gasteiger partial charge in [0.25, 0.3) is 0 Å². The summed E-state index contributed by atoms with van der Waals surface area (Å²) in [5, 5.41) is 4.30.